The maximum absolute atomic E-state index is 5.86. The normalized spacial score (nSPS) is 12.0. The molecular weight excluding hydrogens is 372 g/mol. The molecule has 4 rings (SSSR count). The molecule has 5 nitrogen and oxygen atoms in total. The first-order chi connectivity index (χ1) is 14.2. The van der Waals surface area contributed by atoms with E-state index in [1.807, 2.05) is 17.5 Å². The molecule has 1 aromatic carbocycles. The van der Waals surface area contributed by atoms with E-state index >= 15 is 0 Å². The predicted octanol–water partition coefficient (Wildman–Crippen LogP) is 5.49. The van der Waals surface area contributed by atoms with Gasteiger partial charge in [0.2, 0.25) is 0 Å². The molecule has 0 unspecified atom stereocenters. The van der Waals surface area contributed by atoms with Crippen molar-refractivity contribution in [3.8, 4) is 5.69 Å². The molecular formula is C25H32N4O. The van der Waals surface area contributed by atoms with E-state index < -0.39 is 0 Å². The van der Waals surface area contributed by atoms with Crippen LogP contribution in [0.3, 0.4) is 0 Å². The molecule has 0 saturated carbocycles. The van der Waals surface area contributed by atoms with E-state index in [4.69, 9.17) is 14.8 Å². The van der Waals surface area contributed by atoms with Crippen molar-refractivity contribution >= 4 is 16.7 Å². The molecule has 4 aromatic rings. The number of rotatable bonds is 5. The Morgan fingerprint density at radius 2 is 1.70 bits per heavy atom. The van der Waals surface area contributed by atoms with Crippen LogP contribution < -0.4 is 0 Å². The van der Waals surface area contributed by atoms with Gasteiger partial charge in [0.1, 0.15) is 0 Å². The van der Waals surface area contributed by atoms with Gasteiger partial charge in [0.25, 0.3) is 0 Å². The molecule has 0 saturated heterocycles. The summed E-state index contributed by atoms with van der Waals surface area (Å²) in [6.45, 7) is 17.8. The number of fused-ring (bicyclic) bond motifs is 3. The van der Waals surface area contributed by atoms with Crippen LogP contribution in [-0.4, -0.2) is 31.9 Å². The third-order valence-electron chi connectivity index (χ3n) is 5.96. The fraction of sp³-hybridized carbons (Fsp3) is 0.440. The molecule has 158 valence electrons. The number of benzene rings is 1. The van der Waals surface area contributed by atoms with Crippen molar-refractivity contribution in [1.82, 2.24) is 19.2 Å². The third kappa shape index (κ3) is 3.31. The fourth-order valence-corrected chi connectivity index (χ4v) is 4.68. The van der Waals surface area contributed by atoms with E-state index in [0.29, 0.717) is 0 Å². The highest BCUT2D eigenvalue weighted by Gasteiger charge is 2.20. The van der Waals surface area contributed by atoms with Crippen LogP contribution in [0.5, 0.6) is 0 Å². The Morgan fingerprint density at radius 1 is 0.967 bits per heavy atom. The molecule has 3 heterocycles. The van der Waals surface area contributed by atoms with Gasteiger partial charge in [-0.1, -0.05) is 6.07 Å². The van der Waals surface area contributed by atoms with Gasteiger partial charge >= 0.3 is 0 Å². The Kier molecular flexibility index (Phi) is 5.18. The van der Waals surface area contributed by atoms with Crippen molar-refractivity contribution in [1.29, 1.82) is 0 Å². The molecule has 3 aromatic heterocycles. The van der Waals surface area contributed by atoms with Crippen molar-refractivity contribution in [3.05, 3.63) is 57.5 Å². The summed E-state index contributed by atoms with van der Waals surface area (Å²) in [4.78, 5) is 4.78. The Hall–Kier alpha value is -2.66. The lowest BCUT2D eigenvalue weighted by atomic mass is 9.95. The average Bonchev–Trinajstić information content (AvgIpc) is 3.17. The van der Waals surface area contributed by atoms with Gasteiger partial charge < -0.3 is 4.74 Å². The van der Waals surface area contributed by atoms with E-state index in [9.17, 15) is 0 Å². The molecule has 0 aliphatic heterocycles. The molecule has 0 fully saturated rings. The highest BCUT2D eigenvalue weighted by atomic mass is 16.5. The van der Waals surface area contributed by atoms with E-state index in [1.165, 1.54) is 33.6 Å². The molecule has 0 radical (unpaired) electrons. The quantitative estimate of drug-likeness (QED) is 0.442. The Morgan fingerprint density at radius 3 is 2.40 bits per heavy atom. The highest BCUT2D eigenvalue weighted by Crippen LogP contribution is 2.33. The first-order valence-corrected chi connectivity index (χ1v) is 10.8. The minimum Gasteiger partial charge on any atom is -0.378 e. The molecule has 5 heteroatoms. The van der Waals surface area contributed by atoms with Crippen LogP contribution in [-0.2, 0) is 11.2 Å². The monoisotopic (exact) mass is 404 g/mol. The van der Waals surface area contributed by atoms with Crippen LogP contribution in [0.25, 0.3) is 22.4 Å². The lowest BCUT2D eigenvalue weighted by Crippen LogP contribution is -2.12. The summed E-state index contributed by atoms with van der Waals surface area (Å²) < 4.78 is 10.2. The Labute approximate surface area is 178 Å². The second-order valence-electron chi connectivity index (χ2n) is 8.74. The molecule has 0 atom stereocenters. The number of ether oxygens (including phenoxy) is 1. The van der Waals surface area contributed by atoms with Gasteiger partial charge in [-0.05, 0) is 90.1 Å². The van der Waals surface area contributed by atoms with Gasteiger partial charge in [0.15, 0.2) is 11.3 Å². The largest absolute Gasteiger partial charge is 0.378 e. The van der Waals surface area contributed by atoms with Gasteiger partial charge in [0.05, 0.1) is 29.8 Å². The minimum atomic E-state index is 0.248. The zero-order valence-electron chi connectivity index (χ0n) is 19.4. The number of hydrogen-bond donors (Lipinski definition) is 0. The average molecular weight is 405 g/mol. The molecule has 0 aliphatic rings. The maximum Gasteiger partial charge on any atom is 0.157 e. The van der Waals surface area contributed by atoms with E-state index in [-0.39, 0.29) is 6.10 Å². The van der Waals surface area contributed by atoms with Crippen molar-refractivity contribution in [2.45, 2.75) is 67.9 Å². The van der Waals surface area contributed by atoms with E-state index in [0.717, 1.165) is 41.1 Å². The number of hydrogen-bond acceptors (Lipinski definition) is 3. The van der Waals surface area contributed by atoms with Crippen LogP contribution >= 0.6 is 0 Å². The number of aryl methyl sites for hydroxylation is 5. The Balaban J connectivity index is 2.00. The van der Waals surface area contributed by atoms with Gasteiger partial charge in [-0.2, -0.15) is 9.61 Å². The summed E-state index contributed by atoms with van der Waals surface area (Å²) >= 11 is 0. The second kappa shape index (κ2) is 7.55. The Bertz CT molecular complexity index is 1260. The minimum absolute atomic E-state index is 0.248. The third-order valence-corrected chi connectivity index (χ3v) is 5.96. The van der Waals surface area contributed by atoms with Crippen molar-refractivity contribution in [2.24, 2.45) is 0 Å². The molecule has 0 spiro atoms. The van der Waals surface area contributed by atoms with Crippen molar-refractivity contribution < 1.29 is 4.74 Å². The predicted molar refractivity (Wildman–Crippen MR) is 123 cm³/mol. The van der Waals surface area contributed by atoms with Crippen LogP contribution in [0.15, 0.2) is 18.2 Å². The van der Waals surface area contributed by atoms with Crippen molar-refractivity contribution in [2.75, 3.05) is 6.61 Å². The van der Waals surface area contributed by atoms with Gasteiger partial charge in [-0.3, -0.25) is 4.57 Å². The molecule has 0 aliphatic carbocycles. The van der Waals surface area contributed by atoms with Crippen LogP contribution in [0.1, 0.15) is 53.2 Å². The standard InChI is InChI=1S/C25H32N4O/c1-14(2)30-10-9-21-15(3)11-16(4)24(19(21)7)28-18(6)13-22-20(8)26-23-12-17(5)27-29(23)25(22)28/h11-14H,9-10H2,1-8H3. The van der Waals surface area contributed by atoms with Crippen LogP contribution in [0.4, 0.5) is 0 Å². The lowest BCUT2D eigenvalue weighted by Gasteiger charge is -2.21. The number of nitrogens with zero attached hydrogens (tertiary/aromatic N) is 4. The summed E-state index contributed by atoms with van der Waals surface area (Å²) in [5.41, 5.74) is 11.7. The topological polar surface area (TPSA) is 44.4 Å². The van der Waals surface area contributed by atoms with Crippen molar-refractivity contribution in [3.63, 3.8) is 0 Å². The molecule has 0 amide bonds. The second-order valence-corrected chi connectivity index (χ2v) is 8.74. The maximum atomic E-state index is 5.86. The van der Waals surface area contributed by atoms with Crippen LogP contribution in [0.2, 0.25) is 0 Å². The van der Waals surface area contributed by atoms with Gasteiger partial charge in [-0.25, -0.2) is 4.98 Å². The highest BCUT2D eigenvalue weighted by molar-refractivity contribution is 5.85. The first kappa shape index (κ1) is 20.6. The molecule has 0 bridgehead atoms. The van der Waals surface area contributed by atoms with E-state index in [1.54, 1.807) is 0 Å². The molecule has 30 heavy (non-hydrogen) atoms. The van der Waals surface area contributed by atoms with Gasteiger partial charge in [0, 0.05) is 17.1 Å². The first-order valence-electron chi connectivity index (χ1n) is 10.8. The smallest absolute Gasteiger partial charge is 0.157 e. The van der Waals surface area contributed by atoms with E-state index in [2.05, 4.69) is 65.2 Å². The zero-order valence-corrected chi connectivity index (χ0v) is 19.4. The lowest BCUT2D eigenvalue weighted by molar-refractivity contribution is 0.0812. The summed E-state index contributed by atoms with van der Waals surface area (Å²) in [6.07, 6.45) is 1.16. The van der Waals surface area contributed by atoms with Gasteiger partial charge in [-0.15, -0.1) is 0 Å². The summed E-state index contributed by atoms with van der Waals surface area (Å²) in [5.74, 6) is 0. The van der Waals surface area contributed by atoms with Crippen LogP contribution in [0, 0.1) is 41.5 Å². The SMILES string of the molecule is Cc1cc2nc(C)c3cc(C)n(-c4c(C)cc(C)c(CCOC(C)C)c4C)c3n2n1. The summed E-state index contributed by atoms with van der Waals surface area (Å²) in [7, 11) is 0. The summed E-state index contributed by atoms with van der Waals surface area (Å²) in [6, 6.07) is 6.58. The molecule has 0 N–H and O–H groups in total. The summed E-state index contributed by atoms with van der Waals surface area (Å²) in [5, 5.41) is 5.91. The fourth-order valence-electron chi connectivity index (χ4n) is 4.68. The number of aromatic nitrogens is 4. The zero-order chi connectivity index (χ0) is 21.7.